The molecule has 0 unspecified atom stereocenters. The highest BCUT2D eigenvalue weighted by molar-refractivity contribution is 6.33. The predicted molar refractivity (Wildman–Crippen MR) is 67.6 cm³/mol. The topological polar surface area (TPSA) is 20.2 Å². The molecule has 2 aromatic carbocycles. The molecule has 0 spiro atoms. The summed E-state index contributed by atoms with van der Waals surface area (Å²) in [5, 5.41) is 9.50. The lowest BCUT2D eigenvalue weighted by Crippen LogP contribution is -1.95. The second-order valence-corrected chi connectivity index (χ2v) is 4.17. The zero-order valence-corrected chi connectivity index (χ0v) is 9.91. The first-order valence-corrected chi connectivity index (χ1v) is 5.74. The van der Waals surface area contributed by atoms with Gasteiger partial charge in [-0.05, 0) is 35.7 Å². The van der Waals surface area contributed by atoms with Gasteiger partial charge in [0.15, 0.2) is 0 Å². The maximum atomic E-state index is 13.4. The minimum Gasteiger partial charge on any atom is -0.396 e. The van der Waals surface area contributed by atoms with Gasteiger partial charge in [0, 0.05) is 17.2 Å². The molecule has 0 aliphatic rings. The molecule has 0 radical (unpaired) electrons. The van der Waals surface area contributed by atoms with Crippen LogP contribution in [0.15, 0.2) is 42.5 Å². The lowest BCUT2D eigenvalue weighted by Gasteiger charge is -2.07. The van der Waals surface area contributed by atoms with Crippen molar-refractivity contribution in [2.45, 2.75) is 6.42 Å². The van der Waals surface area contributed by atoms with E-state index in [1.165, 1.54) is 6.07 Å². The van der Waals surface area contributed by atoms with Gasteiger partial charge < -0.3 is 5.11 Å². The van der Waals surface area contributed by atoms with E-state index in [0.29, 0.717) is 17.0 Å². The van der Waals surface area contributed by atoms with Crippen LogP contribution in [0.4, 0.5) is 4.39 Å². The van der Waals surface area contributed by atoms with Crippen molar-refractivity contribution >= 4 is 11.6 Å². The third-order valence-corrected chi connectivity index (χ3v) is 2.94. The van der Waals surface area contributed by atoms with Crippen molar-refractivity contribution in [3.63, 3.8) is 0 Å². The highest BCUT2D eigenvalue weighted by Gasteiger charge is 2.07. The van der Waals surface area contributed by atoms with Gasteiger partial charge in [0.25, 0.3) is 0 Å². The maximum absolute atomic E-state index is 13.4. The minimum atomic E-state index is -0.296. The van der Waals surface area contributed by atoms with Crippen LogP contribution in [0.2, 0.25) is 5.02 Å². The van der Waals surface area contributed by atoms with E-state index in [0.717, 1.165) is 11.1 Å². The average Bonchev–Trinajstić information content (AvgIpc) is 2.33. The number of benzene rings is 2. The van der Waals surface area contributed by atoms with E-state index in [1.54, 1.807) is 18.2 Å². The average molecular weight is 251 g/mol. The minimum absolute atomic E-state index is 0.0666. The summed E-state index contributed by atoms with van der Waals surface area (Å²) < 4.78 is 13.4. The van der Waals surface area contributed by atoms with Crippen LogP contribution in [0.1, 0.15) is 5.56 Å². The summed E-state index contributed by atoms with van der Waals surface area (Å²) in [5.41, 5.74) is 2.23. The molecule has 0 fully saturated rings. The Bertz CT molecular complexity index is 525. The Morgan fingerprint density at radius 1 is 1.12 bits per heavy atom. The molecule has 0 heterocycles. The van der Waals surface area contributed by atoms with Crippen LogP contribution in [0.3, 0.4) is 0 Å². The van der Waals surface area contributed by atoms with E-state index in [-0.39, 0.29) is 12.4 Å². The summed E-state index contributed by atoms with van der Waals surface area (Å²) in [6, 6.07) is 12.2. The molecule has 1 N–H and O–H groups in total. The zero-order chi connectivity index (χ0) is 12.3. The van der Waals surface area contributed by atoms with E-state index >= 15 is 0 Å². The van der Waals surface area contributed by atoms with Gasteiger partial charge in [0.2, 0.25) is 0 Å². The Kier molecular flexibility index (Phi) is 3.77. The molecule has 0 saturated carbocycles. The quantitative estimate of drug-likeness (QED) is 0.881. The molecule has 0 amide bonds. The molecule has 3 heteroatoms. The highest BCUT2D eigenvalue weighted by atomic mass is 35.5. The Morgan fingerprint density at radius 2 is 1.88 bits per heavy atom. The van der Waals surface area contributed by atoms with Gasteiger partial charge in [-0.15, -0.1) is 0 Å². The van der Waals surface area contributed by atoms with E-state index < -0.39 is 0 Å². The number of aliphatic hydroxyl groups excluding tert-OH is 1. The first-order chi connectivity index (χ1) is 8.22. The van der Waals surface area contributed by atoms with Crippen molar-refractivity contribution in [3.05, 3.63) is 58.9 Å². The fourth-order valence-electron chi connectivity index (χ4n) is 1.75. The third kappa shape index (κ3) is 2.65. The van der Waals surface area contributed by atoms with Gasteiger partial charge in [0.05, 0.1) is 0 Å². The lowest BCUT2D eigenvalue weighted by molar-refractivity contribution is 0.297. The zero-order valence-electron chi connectivity index (χ0n) is 9.16. The Morgan fingerprint density at radius 3 is 2.59 bits per heavy atom. The third-order valence-electron chi connectivity index (χ3n) is 2.61. The van der Waals surface area contributed by atoms with Crippen LogP contribution in [-0.4, -0.2) is 11.7 Å². The van der Waals surface area contributed by atoms with Crippen molar-refractivity contribution in [1.29, 1.82) is 0 Å². The molecule has 0 aliphatic heterocycles. The molecule has 17 heavy (non-hydrogen) atoms. The van der Waals surface area contributed by atoms with E-state index in [9.17, 15) is 4.39 Å². The molecular formula is C14H12ClFO. The van der Waals surface area contributed by atoms with Gasteiger partial charge in [-0.25, -0.2) is 4.39 Å². The van der Waals surface area contributed by atoms with Crippen molar-refractivity contribution in [2.75, 3.05) is 6.61 Å². The molecule has 0 bridgehead atoms. The van der Waals surface area contributed by atoms with Crippen LogP contribution < -0.4 is 0 Å². The summed E-state index contributed by atoms with van der Waals surface area (Å²) in [5.74, 6) is -0.296. The van der Waals surface area contributed by atoms with Crippen LogP contribution in [0.25, 0.3) is 11.1 Å². The van der Waals surface area contributed by atoms with Crippen molar-refractivity contribution < 1.29 is 9.50 Å². The maximum Gasteiger partial charge on any atom is 0.126 e. The Labute approximate surface area is 104 Å². The first kappa shape index (κ1) is 12.1. The first-order valence-electron chi connectivity index (χ1n) is 5.36. The van der Waals surface area contributed by atoms with Crippen molar-refractivity contribution in [1.82, 2.24) is 0 Å². The van der Waals surface area contributed by atoms with Crippen LogP contribution in [-0.2, 0) is 6.42 Å². The fourth-order valence-corrected chi connectivity index (χ4v) is 1.99. The molecular weight excluding hydrogens is 239 g/mol. The van der Waals surface area contributed by atoms with E-state index in [1.807, 2.05) is 18.2 Å². The summed E-state index contributed by atoms with van der Waals surface area (Å²) in [7, 11) is 0. The largest absolute Gasteiger partial charge is 0.396 e. The van der Waals surface area contributed by atoms with Crippen LogP contribution >= 0.6 is 11.6 Å². The molecule has 2 aromatic rings. The lowest BCUT2D eigenvalue weighted by atomic mass is 10.0. The standard InChI is InChI=1S/C14H12ClFO/c15-13-4-2-1-3-12(13)10-5-6-14(16)11(9-10)7-8-17/h1-6,9,17H,7-8H2. The molecule has 0 aromatic heterocycles. The number of halogens is 2. The summed E-state index contributed by atoms with van der Waals surface area (Å²) in [6.45, 7) is -0.0666. The van der Waals surface area contributed by atoms with Gasteiger partial charge in [-0.1, -0.05) is 35.9 Å². The SMILES string of the molecule is OCCc1cc(-c2ccccc2Cl)ccc1F. The Hall–Kier alpha value is -1.38. The molecule has 1 nitrogen and oxygen atoms in total. The smallest absolute Gasteiger partial charge is 0.126 e. The number of hydrogen-bond acceptors (Lipinski definition) is 1. The summed E-state index contributed by atoms with van der Waals surface area (Å²) in [6.07, 6.45) is 0.310. The molecule has 88 valence electrons. The van der Waals surface area contributed by atoms with E-state index in [2.05, 4.69) is 0 Å². The second-order valence-electron chi connectivity index (χ2n) is 3.76. The number of rotatable bonds is 3. The Balaban J connectivity index is 2.46. The highest BCUT2D eigenvalue weighted by Crippen LogP contribution is 2.28. The molecule has 0 aliphatic carbocycles. The number of hydrogen-bond donors (Lipinski definition) is 1. The van der Waals surface area contributed by atoms with Gasteiger partial charge in [-0.2, -0.15) is 0 Å². The van der Waals surface area contributed by atoms with Gasteiger partial charge in [-0.3, -0.25) is 0 Å². The summed E-state index contributed by atoms with van der Waals surface area (Å²) in [4.78, 5) is 0. The van der Waals surface area contributed by atoms with E-state index in [4.69, 9.17) is 16.7 Å². The normalized spacial score (nSPS) is 10.5. The molecule has 0 atom stereocenters. The molecule has 0 saturated heterocycles. The second kappa shape index (κ2) is 5.30. The van der Waals surface area contributed by atoms with Crippen LogP contribution in [0, 0.1) is 5.82 Å². The predicted octanol–water partition coefficient (Wildman–Crippen LogP) is 3.68. The van der Waals surface area contributed by atoms with Gasteiger partial charge in [0.1, 0.15) is 5.82 Å². The number of aliphatic hydroxyl groups is 1. The monoisotopic (exact) mass is 250 g/mol. The van der Waals surface area contributed by atoms with Crippen molar-refractivity contribution in [3.8, 4) is 11.1 Å². The van der Waals surface area contributed by atoms with Crippen molar-refractivity contribution in [2.24, 2.45) is 0 Å². The molecule has 2 rings (SSSR count). The summed E-state index contributed by atoms with van der Waals surface area (Å²) >= 11 is 6.08. The van der Waals surface area contributed by atoms with Gasteiger partial charge >= 0.3 is 0 Å². The van der Waals surface area contributed by atoms with Crippen LogP contribution in [0.5, 0.6) is 0 Å². The fraction of sp³-hybridized carbons (Fsp3) is 0.143.